The number of rotatable bonds is 4. The predicted octanol–water partition coefficient (Wildman–Crippen LogP) is 6.82. The van der Waals surface area contributed by atoms with E-state index in [0.717, 1.165) is 26.0 Å². The molecule has 1 amide bonds. The summed E-state index contributed by atoms with van der Waals surface area (Å²) in [7, 11) is 1.34. The van der Waals surface area contributed by atoms with Gasteiger partial charge in [0.05, 0.1) is 7.11 Å². The van der Waals surface area contributed by atoms with E-state index >= 15 is 0 Å². The Morgan fingerprint density at radius 2 is 1.60 bits per heavy atom. The zero-order valence-electron chi connectivity index (χ0n) is 17.6. The SMILES string of the molecule is COC(=O)c1c(NC(=O)c2ccc(C(C)(C)C)cc2)sc(C)c1-c1ccc(Br)cc1. The van der Waals surface area contributed by atoms with Gasteiger partial charge in [0, 0.05) is 20.5 Å². The van der Waals surface area contributed by atoms with Gasteiger partial charge in [0.1, 0.15) is 10.6 Å². The number of esters is 1. The number of hydrogen-bond donors (Lipinski definition) is 1. The minimum Gasteiger partial charge on any atom is -0.465 e. The molecule has 0 aliphatic heterocycles. The fourth-order valence-corrected chi connectivity index (χ4v) is 4.51. The van der Waals surface area contributed by atoms with Gasteiger partial charge >= 0.3 is 5.97 Å². The standard InChI is InChI=1S/C24H24BrNO3S/c1-14-19(15-8-12-18(25)13-9-15)20(23(28)29-5)22(30-14)26-21(27)16-6-10-17(11-7-16)24(2,3)4/h6-13H,1-5H3,(H,26,27). The first-order valence-corrected chi connectivity index (χ1v) is 11.1. The Hall–Kier alpha value is -2.44. The molecule has 0 bridgehead atoms. The number of benzene rings is 2. The summed E-state index contributed by atoms with van der Waals surface area (Å²) in [6.07, 6.45) is 0. The van der Waals surface area contributed by atoms with Crippen LogP contribution in [-0.4, -0.2) is 19.0 Å². The van der Waals surface area contributed by atoms with Crippen molar-refractivity contribution in [1.29, 1.82) is 0 Å². The van der Waals surface area contributed by atoms with Crippen LogP contribution in [0.1, 0.15) is 51.9 Å². The van der Waals surface area contributed by atoms with Gasteiger partial charge in [0.15, 0.2) is 0 Å². The van der Waals surface area contributed by atoms with Gasteiger partial charge in [-0.05, 0) is 47.7 Å². The van der Waals surface area contributed by atoms with Crippen molar-refractivity contribution in [3.05, 3.63) is 74.6 Å². The zero-order chi connectivity index (χ0) is 22.1. The normalized spacial score (nSPS) is 11.3. The van der Waals surface area contributed by atoms with Crippen molar-refractivity contribution in [2.75, 3.05) is 12.4 Å². The van der Waals surface area contributed by atoms with Gasteiger partial charge in [-0.15, -0.1) is 11.3 Å². The van der Waals surface area contributed by atoms with Crippen LogP contribution in [0.2, 0.25) is 0 Å². The number of thiophene rings is 1. The Bertz CT molecular complexity index is 1080. The van der Waals surface area contributed by atoms with Crippen molar-refractivity contribution in [3.8, 4) is 11.1 Å². The summed E-state index contributed by atoms with van der Waals surface area (Å²) in [6.45, 7) is 8.32. The third kappa shape index (κ3) is 4.65. The maximum atomic E-state index is 12.9. The third-order valence-corrected chi connectivity index (χ3v) is 6.40. The molecule has 156 valence electrons. The molecule has 0 saturated heterocycles. The van der Waals surface area contributed by atoms with Gasteiger partial charge in [-0.1, -0.05) is 61.0 Å². The van der Waals surface area contributed by atoms with Crippen molar-refractivity contribution in [2.24, 2.45) is 0 Å². The van der Waals surface area contributed by atoms with Gasteiger partial charge in [-0.2, -0.15) is 0 Å². The van der Waals surface area contributed by atoms with Crippen LogP contribution in [0, 0.1) is 6.92 Å². The lowest BCUT2D eigenvalue weighted by Crippen LogP contribution is -2.15. The van der Waals surface area contributed by atoms with Crippen LogP contribution in [0.15, 0.2) is 53.0 Å². The third-order valence-electron chi connectivity index (χ3n) is 4.85. The molecule has 0 aliphatic carbocycles. The number of anilines is 1. The number of hydrogen-bond acceptors (Lipinski definition) is 4. The first-order chi connectivity index (χ1) is 14.1. The Morgan fingerprint density at radius 1 is 1.00 bits per heavy atom. The lowest BCUT2D eigenvalue weighted by Gasteiger charge is -2.19. The molecular formula is C24H24BrNO3S. The number of amides is 1. The maximum Gasteiger partial charge on any atom is 0.341 e. The molecule has 2 aromatic carbocycles. The number of methoxy groups -OCH3 is 1. The highest BCUT2D eigenvalue weighted by Gasteiger charge is 2.25. The van der Waals surface area contributed by atoms with E-state index in [9.17, 15) is 9.59 Å². The Kier molecular flexibility index (Phi) is 6.48. The summed E-state index contributed by atoms with van der Waals surface area (Å²) in [5.41, 5.74) is 3.74. The van der Waals surface area contributed by atoms with Crippen LogP contribution in [0.25, 0.3) is 11.1 Å². The highest BCUT2D eigenvalue weighted by Crippen LogP contribution is 2.40. The smallest absolute Gasteiger partial charge is 0.341 e. The van der Waals surface area contributed by atoms with Crippen molar-refractivity contribution in [1.82, 2.24) is 0 Å². The molecule has 6 heteroatoms. The van der Waals surface area contributed by atoms with Gasteiger partial charge < -0.3 is 10.1 Å². The molecule has 0 atom stereocenters. The Morgan fingerprint density at radius 3 is 2.13 bits per heavy atom. The molecular weight excluding hydrogens is 462 g/mol. The van der Waals surface area contributed by atoms with Gasteiger partial charge in [-0.3, -0.25) is 4.79 Å². The summed E-state index contributed by atoms with van der Waals surface area (Å²) in [4.78, 5) is 26.4. The van der Waals surface area contributed by atoms with Crippen LogP contribution < -0.4 is 5.32 Å². The average Bonchev–Trinajstić information content (AvgIpc) is 3.03. The summed E-state index contributed by atoms with van der Waals surface area (Å²) < 4.78 is 5.97. The minimum atomic E-state index is -0.476. The molecule has 1 aromatic heterocycles. The fraction of sp³-hybridized carbons (Fsp3) is 0.250. The molecule has 4 nitrogen and oxygen atoms in total. The lowest BCUT2D eigenvalue weighted by molar-refractivity contribution is 0.0603. The molecule has 30 heavy (non-hydrogen) atoms. The van der Waals surface area contributed by atoms with Crippen molar-refractivity contribution in [2.45, 2.75) is 33.1 Å². The first kappa shape index (κ1) is 22.2. The minimum absolute atomic E-state index is 0.0114. The number of aryl methyl sites for hydroxylation is 1. The fourth-order valence-electron chi connectivity index (χ4n) is 3.19. The maximum absolute atomic E-state index is 12.9. The van der Waals surface area contributed by atoms with Crippen molar-refractivity contribution >= 4 is 44.1 Å². The van der Waals surface area contributed by atoms with E-state index < -0.39 is 5.97 Å². The molecule has 3 aromatic rings. The quantitative estimate of drug-likeness (QED) is 0.412. The molecule has 0 fully saturated rings. The second-order valence-electron chi connectivity index (χ2n) is 8.02. The highest BCUT2D eigenvalue weighted by atomic mass is 79.9. The number of halogens is 1. The van der Waals surface area contributed by atoms with E-state index in [-0.39, 0.29) is 11.3 Å². The van der Waals surface area contributed by atoms with Crippen molar-refractivity contribution in [3.63, 3.8) is 0 Å². The van der Waals surface area contributed by atoms with Crippen LogP contribution in [0.3, 0.4) is 0 Å². The van der Waals surface area contributed by atoms with E-state index in [2.05, 4.69) is 42.0 Å². The van der Waals surface area contributed by atoms with Crippen LogP contribution in [0.4, 0.5) is 5.00 Å². The summed E-state index contributed by atoms with van der Waals surface area (Å²) >= 11 is 4.80. The van der Waals surface area contributed by atoms with E-state index in [1.807, 2.05) is 55.5 Å². The Labute approximate surface area is 189 Å². The van der Waals surface area contributed by atoms with Gasteiger partial charge in [-0.25, -0.2) is 4.79 Å². The van der Waals surface area contributed by atoms with Gasteiger partial charge in [0.25, 0.3) is 5.91 Å². The largest absolute Gasteiger partial charge is 0.465 e. The number of carbonyl (C=O) groups is 2. The summed E-state index contributed by atoms with van der Waals surface area (Å²) in [5, 5.41) is 3.40. The molecule has 1 heterocycles. The molecule has 0 saturated carbocycles. The second-order valence-corrected chi connectivity index (χ2v) is 10.2. The van der Waals surface area contributed by atoms with E-state index in [0.29, 0.717) is 16.1 Å². The van der Waals surface area contributed by atoms with Crippen molar-refractivity contribution < 1.29 is 14.3 Å². The summed E-state index contributed by atoms with van der Waals surface area (Å²) in [5.74, 6) is -0.736. The highest BCUT2D eigenvalue weighted by molar-refractivity contribution is 9.10. The van der Waals surface area contributed by atoms with E-state index in [1.54, 1.807) is 0 Å². The topological polar surface area (TPSA) is 55.4 Å². The van der Waals surface area contributed by atoms with E-state index in [1.165, 1.54) is 18.4 Å². The van der Waals surface area contributed by atoms with Crippen LogP contribution >= 0.6 is 27.3 Å². The predicted molar refractivity (Wildman–Crippen MR) is 127 cm³/mol. The number of carbonyl (C=O) groups excluding carboxylic acids is 2. The molecule has 0 radical (unpaired) electrons. The molecule has 0 spiro atoms. The monoisotopic (exact) mass is 485 g/mol. The van der Waals surface area contributed by atoms with Crippen LogP contribution in [0.5, 0.6) is 0 Å². The van der Waals surface area contributed by atoms with Gasteiger partial charge in [0.2, 0.25) is 0 Å². The molecule has 0 aliphatic rings. The van der Waals surface area contributed by atoms with Crippen LogP contribution in [-0.2, 0) is 10.2 Å². The zero-order valence-corrected chi connectivity index (χ0v) is 20.0. The van der Waals surface area contributed by atoms with E-state index in [4.69, 9.17) is 4.74 Å². The first-order valence-electron chi connectivity index (χ1n) is 9.51. The number of nitrogens with one attached hydrogen (secondary N) is 1. The molecule has 1 N–H and O–H groups in total. The molecule has 3 rings (SSSR count). The summed E-state index contributed by atoms with van der Waals surface area (Å²) in [6, 6.07) is 15.2. The Balaban J connectivity index is 1.98. The average molecular weight is 486 g/mol. The lowest BCUT2D eigenvalue weighted by atomic mass is 9.87. The second kappa shape index (κ2) is 8.74. The number of ether oxygens (including phenoxy) is 1. The molecule has 0 unspecified atom stereocenters.